The second-order valence-electron chi connectivity index (χ2n) is 4.59. The number of hydrogen-bond acceptors (Lipinski definition) is 2. The molecule has 2 heteroatoms. The molecule has 0 amide bonds. The van der Waals surface area contributed by atoms with Gasteiger partial charge in [0.1, 0.15) is 0 Å². The van der Waals surface area contributed by atoms with Crippen LogP contribution < -0.4 is 0 Å². The van der Waals surface area contributed by atoms with Gasteiger partial charge < -0.3 is 5.11 Å². The molecule has 0 aliphatic rings. The molecule has 0 fully saturated rings. The van der Waals surface area contributed by atoms with Crippen LogP contribution in [0.25, 0.3) is 0 Å². The zero-order valence-electron chi connectivity index (χ0n) is 11.0. The Labute approximate surface area is 113 Å². The molecule has 1 unspecified atom stereocenters. The van der Waals surface area contributed by atoms with Crippen molar-refractivity contribution in [1.82, 2.24) is 0 Å². The van der Waals surface area contributed by atoms with Crippen molar-refractivity contribution < 1.29 is 5.11 Å². The fraction of sp³-hybridized carbons (Fsp3) is 0.250. The number of aliphatic hydroxyl groups excluding tert-OH is 1. The highest BCUT2D eigenvalue weighted by molar-refractivity contribution is 7.99. The molecule has 1 nitrogen and oxygen atoms in total. The van der Waals surface area contributed by atoms with Crippen molar-refractivity contribution in [2.75, 3.05) is 0 Å². The summed E-state index contributed by atoms with van der Waals surface area (Å²) >= 11 is 1.75. The summed E-state index contributed by atoms with van der Waals surface area (Å²) in [5, 5.41) is 9.46. The Morgan fingerprint density at radius 1 is 0.889 bits per heavy atom. The van der Waals surface area contributed by atoms with Crippen molar-refractivity contribution in [2.24, 2.45) is 0 Å². The first-order chi connectivity index (χ1) is 8.56. The summed E-state index contributed by atoms with van der Waals surface area (Å²) in [5.41, 5.74) is 3.60. The zero-order valence-corrected chi connectivity index (χ0v) is 11.8. The van der Waals surface area contributed by atoms with Gasteiger partial charge in [0, 0.05) is 9.79 Å². The van der Waals surface area contributed by atoms with E-state index in [0.29, 0.717) is 0 Å². The summed E-state index contributed by atoms with van der Waals surface area (Å²) in [4.78, 5) is 2.45. The molecule has 1 N–H and O–H groups in total. The average Bonchev–Trinajstić information content (AvgIpc) is 2.34. The van der Waals surface area contributed by atoms with Crippen LogP contribution >= 0.6 is 11.8 Å². The van der Waals surface area contributed by atoms with Crippen LogP contribution in [0.15, 0.2) is 52.3 Å². The van der Waals surface area contributed by atoms with Crippen molar-refractivity contribution in [3.8, 4) is 0 Å². The highest BCUT2D eigenvalue weighted by Crippen LogP contribution is 2.29. The first-order valence-electron chi connectivity index (χ1n) is 6.09. The minimum Gasteiger partial charge on any atom is -0.389 e. The van der Waals surface area contributed by atoms with Crippen LogP contribution in [-0.2, 0) is 0 Å². The third-order valence-electron chi connectivity index (χ3n) is 3.08. The van der Waals surface area contributed by atoms with Gasteiger partial charge in [0.05, 0.1) is 6.10 Å². The number of rotatable bonds is 3. The van der Waals surface area contributed by atoms with Crippen LogP contribution in [0.1, 0.15) is 29.7 Å². The maximum absolute atomic E-state index is 9.46. The minimum atomic E-state index is -0.398. The van der Waals surface area contributed by atoms with Crippen LogP contribution in [-0.4, -0.2) is 5.11 Å². The molecule has 0 aliphatic heterocycles. The largest absolute Gasteiger partial charge is 0.389 e. The van der Waals surface area contributed by atoms with Crippen molar-refractivity contribution in [1.29, 1.82) is 0 Å². The van der Waals surface area contributed by atoms with Crippen molar-refractivity contribution >= 4 is 11.8 Å². The van der Waals surface area contributed by atoms with Crippen molar-refractivity contribution in [3.63, 3.8) is 0 Å². The fourth-order valence-electron chi connectivity index (χ4n) is 1.73. The molecular formula is C16H18OS. The molecule has 0 saturated carbocycles. The summed E-state index contributed by atoms with van der Waals surface area (Å²) in [7, 11) is 0. The lowest BCUT2D eigenvalue weighted by Crippen LogP contribution is -1.89. The summed E-state index contributed by atoms with van der Waals surface area (Å²) in [6, 6.07) is 14.6. The fourth-order valence-corrected chi connectivity index (χ4v) is 2.64. The van der Waals surface area contributed by atoms with E-state index in [1.165, 1.54) is 20.9 Å². The van der Waals surface area contributed by atoms with Gasteiger partial charge in [-0.05, 0) is 61.7 Å². The molecule has 0 spiro atoms. The molecule has 18 heavy (non-hydrogen) atoms. The molecule has 0 aromatic heterocycles. The molecule has 0 bridgehead atoms. The van der Waals surface area contributed by atoms with Gasteiger partial charge in [0.15, 0.2) is 0 Å². The summed E-state index contributed by atoms with van der Waals surface area (Å²) < 4.78 is 0. The van der Waals surface area contributed by atoms with E-state index in [0.717, 1.165) is 5.56 Å². The first-order valence-corrected chi connectivity index (χ1v) is 6.91. The third kappa shape index (κ3) is 3.15. The Kier molecular flexibility index (Phi) is 4.10. The molecule has 2 rings (SSSR count). The number of aryl methyl sites for hydroxylation is 2. The standard InChI is InChI=1S/C16H18OS/c1-11-4-7-16(10-12(11)2)18-15-8-5-14(6-9-15)13(3)17/h4-10,13,17H,1-3H3. The Morgan fingerprint density at radius 2 is 1.50 bits per heavy atom. The predicted molar refractivity (Wildman–Crippen MR) is 77.1 cm³/mol. The smallest absolute Gasteiger partial charge is 0.0761 e. The monoisotopic (exact) mass is 258 g/mol. The zero-order chi connectivity index (χ0) is 13.1. The van der Waals surface area contributed by atoms with E-state index in [9.17, 15) is 5.11 Å². The lowest BCUT2D eigenvalue weighted by molar-refractivity contribution is 0.199. The molecule has 1 atom stereocenters. The second-order valence-corrected chi connectivity index (χ2v) is 5.74. The number of aliphatic hydroxyl groups is 1. The van der Waals surface area contributed by atoms with Gasteiger partial charge in [-0.3, -0.25) is 0 Å². The van der Waals surface area contributed by atoms with Gasteiger partial charge >= 0.3 is 0 Å². The van der Waals surface area contributed by atoms with Gasteiger partial charge in [-0.25, -0.2) is 0 Å². The van der Waals surface area contributed by atoms with Gasteiger partial charge in [0.2, 0.25) is 0 Å². The molecule has 2 aromatic carbocycles. The van der Waals surface area contributed by atoms with E-state index in [2.05, 4.69) is 44.2 Å². The second kappa shape index (κ2) is 5.59. The van der Waals surface area contributed by atoms with E-state index < -0.39 is 6.10 Å². The SMILES string of the molecule is Cc1ccc(Sc2ccc(C(C)O)cc2)cc1C. The topological polar surface area (TPSA) is 20.2 Å². The van der Waals surface area contributed by atoms with E-state index in [-0.39, 0.29) is 0 Å². The summed E-state index contributed by atoms with van der Waals surface area (Å²) in [6.07, 6.45) is -0.398. The Hall–Kier alpha value is -1.25. The average molecular weight is 258 g/mol. The number of hydrogen-bond donors (Lipinski definition) is 1. The van der Waals surface area contributed by atoms with Gasteiger partial charge in [0.25, 0.3) is 0 Å². The van der Waals surface area contributed by atoms with Crippen molar-refractivity contribution in [2.45, 2.75) is 36.7 Å². The van der Waals surface area contributed by atoms with Gasteiger partial charge in [-0.2, -0.15) is 0 Å². The van der Waals surface area contributed by atoms with Crippen LogP contribution in [0.5, 0.6) is 0 Å². The quantitative estimate of drug-likeness (QED) is 0.874. The third-order valence-corrected chi connectivity index (χ3v) is 4.07. The lowest BCUT2D eigenvalue weighted by Gasteiger charge is -2.07. The van der Waals surface area contributed by atoms with Crippen LogP contribution in [0, 0.1) is 13.8 Å². The maximum Gasteiger partial charge on any atom is 0.0761 e. The van der Waals surface area contributed by atoms with Gasteiger partial charge in [-0.1, -0.05) is 30.0 Å². The summed E-state index contributed by atoms with van der Waals surface area (Å²) in [6.45, 7) is 6.04. The molecule has 0 aliphatic carbocycles. The molecule has 0 saturated heterocycles. The maximum atomic E-state index is 9.46. The van der Waals surface area contributed by atoms with E-state index in [4.69, 9.17) is 0 Å². The molecule has 0 radical (unpaired) electrons. The van der Waals surface area contributed by atoms with Crippen LogP contribution in [0.4, 0.5) is 0 Å². The highest BCUT2D eigenvalue weighted by Gasteiger charge is 2.02. The highest BCUT2D eigenvalue weighted by atomic mass is 32.2. The molecule has 94 valence electrons. The predicted octanol–water partition coefficient (Wildman–Crippen LogP) is 4.51. The van der Waals surface area contributed by atoms with Crippen LogP contribution in [0.3, 0.4) is 0 Å². The normalized spacial score (nSPS) is 12.4. The van der Waals surface area contributed by atoms with Crippen molar-refractivity contribution in [3.05, 3.63) is 59.2 Å². The molecular weight excluding hydrogens is 240 g/mol. The van der Waals surface area contributed by atoms with E-state index in [1.54, 1.807) is 18.7 Å². The first kappa shape index (κ1) is 13.2. The molecule has 0 heterocycles. The Balaban J connectivity index is 2.15. The van der Waals surface area contributed by atoms with E-state index in [1.807, 2.05) is 12.1 Å². The number of benzene rings is 2. The van der Waals surface area contributed by atoms with Crippen LogP contribution in [0.2, 0.25) is 0 Å². The molecule has 2 aromatic rings. The van der Waals surface area contributed by atoms with E-state index >= 15 is 0 Å². The lowest BCUT2D eigenvalue weighted by atomic mass is 10.1. The summed E-state index contributed by atoms with van der Waals surface area (Å²) in [5.74, 6) is 0. The Bertz CT molecular complexity index is 529. The minimum absolute atomic E-state index is 0.398. The Morgan fingerprint density at radius 3 is 2.06 bits per heavy atom. The van der Waals surface area contributed by atoms with Gasteiger partial charge in [-0.15, -0.1) is 0 Å².